The van der Waals surface area contributed by atoms with Crippen molar-refractivity contribution in [3.05, 3.63) is 29.7 Å². The molecule has 0 saturated heterocycles. The van der Waals surface area contributed by atoms with Crippen LogP contribution in [0.5, 0.6) is 0 Å². The maximum Gasteiger partial charge on any atom is 0.161 e. The van der Waals surface area contributed by atoms with E-state index in [1.54, 1.807) is 0 Å². The molecule has 0 bridgehead atoms. The second-order valence-corrected chi connectivity index (χ2v) is 4.86. The van der Waals surface area contributed by atoms with Gasteiger partial charge >= 0.3 is 0 Å². The second-order valence-electron chi connectivity index (χ2n) is 4.86. The zero-order chi connectivity index (χ0) is 11.7. The van der Waals surface area contributed by atoms with Gasteiger partial charge in [0.15, 0.2) is 5.65 Å². The molecule has 1 fully saturated rings. The molecule has 17 heavy (non-hydrogen) atoms. The summed E-state index contributed by atoms with van der Waals surface area (Å²) < 4.78 is 2.12. The van der Waals surface area contributed by atoms with Crippen molar-refractivity contribution in [2.24, 2.45) is 5.73 Å². The summed E-state index contributed by atoms with van der Waals surface area (Å²) in [5.41, 5.74) is 7.67. The van der Waals surface area contributed by atoms with E-state index in [0.717, 1.165) is 17.0 Å². The fourth-order valence-electron chi connectivity index (χ4n) is 2.72. The largest absolute Gasteiger partial charge is 0.326 e. The average molecular weight is 230 g/mol. The predicted molar refractivity (Wildman–Crippen MR) is 66.7 cm³/mol. The molecule has 3 rings (SSSR count). The van der Waals surface area contributed by atoms with E-state index in [1.807, 2.05) is 6.07 Å². The molecule has 0 radical (unpaired) electrons. The van der Waals surface area contributed by atoms with Gasteiger partial charge in [0.1, 0.15) is 5.82 Å². The van der Waals surface area contributed by atoms with E-state index in [0.29, 0.717) is 12.5 Å². The Morgan fingerprint density at radius 1 is 1.24 bits per heavy atom. The van der Waals surface area contributed by atoms with Crippen LogP contribution in [0.15, 0.2) is 18.3 Å². The number of rotatable bonds is 2. The Kier molecular flexibility index (Phi) is 2.81. The Morgan fingerprint density at radius 2 is 2.06 bits per heavy atom. The van der Waals surface area contributed by atoms with Crippen molar-refractivity contribution in [3.63, 3.8) is 0 Å². The number of hydrogen-bond donors (Lipinski definition) is 1. The van der Waals surface area contributed by atoms with E-state index >= 15 is 0 Å². The van der Waals surface area contributed by atoms with Gasteiger partial charge in [-0.3, -0.25) is 4.40 Å². The molecular weight excluding hydrogens is 212 g/mol. The summed E-state index contributed by atoms with van der Waals surface area (Å²) in [5.74, 6) is 1.71. The normalized spacial score (nSPS) is 17.7. The van der Waals surface area contributed by atoms with Crippen molar-refractivity contribution in [3.8, 4) is 0 Å². The Balaban J connectivity index is 1.99. The minimum Gasteiger partial charge on any atom is -0.326 e. The highest BCUT2D eigenvalue weighted by Crippen LogP contribution is 2.31. The first-order valence-electron chi connectivity index (χ1n) is 6.42. The van der Waals surface area contributed by atoms with Gasteiger partial charge < -0.3 is 5.73 Å². The topological polar surface area (TPSA) is 56.2 Å². The van der Waals surface area contributed by atoms with E-state index < -0.39 is 0 Å². The maximum absolute atomic E-state index is 5.63. The second kappa shape index (κ2) is 4.45. The SMILES string of the molecule is NCc1ccn2c(C3CCCCC3)nnc2c1. The van der Waals surface area contributed by atoms with Crippen LogP contribution in [-0.2, 0) is 6.54 Å². The van der Waals surface area contributed by atoms with Gasteiger partial charge in [0.2, 0.25) is 0 Å². The highest BCUT2D eigenvalue weighted by Gasteiger charge is 2.20. The van der Waals surface area contributed by atoms with E-state index in [4.69, 9.17) is 5.73 Å². The van der Waals surface area contributed by atoms with Crippen LogP contribution >= 0.6 is 0 Å². The molecule has 2 aromatic rings. The molecule has 0 aromatic carbocycles. The van der Waals surface area contributed by atoms with Crippen molar-refractivity contribution < 1.29 is 0 Å². The Morgan fingerprint density at radius 3 is 2.82 bits per heavy atom. The lowest BCUT2D eigenvalue weighted by Crippen LogP contribution is -2.08. The summed E-state index contributed by atoms with van der Waals surface area (Å²) in [5, 5.41) is 8.63. The van der Waals surface area contributed by atoms with Crippen LogP contribution in [0.4, 0.5) is 0 Å². The third-order valence-corrected chi connectivity index (χ3v) is 3.71. The molecule has 4 heteroatoms. The quantitative estimate of drug-likeness (QED) is 0.860. The van der Waals surface area contributed by atoms with Gasteiger partial charge in [-0.15, -0.1) is 10.2 Å². The summed E-state index contributed by atoms with van der Waals surface area (Å²) in [6, 6.07) is 4.09. The van der Waals surface area contributed by atoms with Gasteiger partial charge in [-0.2, -0.15) is 0 Å². The third kappa shape index (κ3) is 1.93. The number of nitrogens with two attached hydrogens (primary N) is 1. The van der Waals surface area contributed by atoms with Crippen LogP contribution in [0.2, 0.25) is 0 Å². The molecule has 0 amide bonds. The summed E-state index contributed by atoms with van der Waals surface area (Å²) in [7, 11) is 0. The van der Waals surface area contributed by atoms with Crippen molar-refractivity contribution in [2.45, 2.75) is 44.6 Å². The molecule has 1 saturated carbocycles. The lowest BCUT2D eigenvalue weighted by Gasteiger charge is -2.19. The van der Waals surface area contributed by atoms with Crippen molar-refractivity contribution in [1.29, 1.82) is 0 Å². The Bertz CT molecular complexity index is 511. The number of fused-ring (bicyclic) bond motifs is 1. The molecule has 0 unspecified atom stereocenters. The molecule has 0 aliphatic heterocycles. The molecule has 90 valence electrons. The lowest BCUT2D eigenvalue weighted by molar-refractivity contribution is 0.426. The molecule has 0 spiro atoms. The number of hydrogen-bond acceptors (Lipinski definition) is 3. The summed E-state index contributed by atoms with van der Waals surface area (Å²) >= 11 is 0. The number of aromatic nitrogens is 3. The first-order valence-corrected chi connectivity index (χ1v) is 6.42. The molecule has 2 heterocycles. The third-order valence-electron chi connectivity index (χ3n) is 3.71. The maximum atomic E-state index is 5.63. The molecule has 0 atom stereocenters. The molecule has 1 aliphatic carbocycles. The smallest absolute Gasteiger partial charge is 0.161 e. The molecule has 2 aromatic heterocycles. The molecule has 4 nitrogen and oxygen atoms in total. The summed E-state index contributed by atoms with van der Waals surface area (Å²) in [6.45, 7) is 0.558. The first kappa shape index (κ1) is 10.7. The standard InChI is InChI=1S/C13H18N4/c14-9-10-6-7-17-12(8-10)15-16-13(17)11-4-2-1-3-5-11/h6-8,11H,1-5,9,14H2. The minimum absolute atomic E-state index is 0.558. The van der Waals surface area contributed by atoms with Gasteiger partial charge in [-0.05, 0) is 30.5 Å². The highest BCUT2D eigenvalue weighted by atomic mass is 15.2. The van der Waals surface area contributed by atoms with Crippen LogP contribution in [0.3, 0.4) is 0 Å². The number of pyridine rings is 1. The van der Waals surface area contributed by atoms with Crippen molar-refractivity contribution in [2.75, 3.05) is 0 Å². The van der Waals surface area contributed by atoms with Gasteiger partial charge in [-0.1, -0.05) is 19.3 Å². The molecular formula is C13H18N4. The van der Waals surface area contributed by atoms with E-state index in [1.165, 1.54) is 32.1 Å². The first-order chi connectivity index (χ1) is 8.38. The van der Waals surface area contributed by atoms with Gasteiger partial charge in [-0.25, -0.2) is 0 Å². The predicted octanol–water partition coefficient (Wildman–Crippen LogP) is 2.24. The molecule has 1 aliphatic rings. The lowest BCUT2D eigenvalue weighted by atomic mass is 9.89. The van der Waals surface area contributed by atoms with Crippen LogP contribution in [0, 0.1) is 0 Å². The van der Waals surface area contributed by atoms with Gasteiger partial charge in [0, 0.05) is 18.7 Å². The summed E-state index contributed by atoms with van der Waals surface area (Å²) in [4.78, 5) is 0. The highest BCUT2D eigenvalue weighted by molar-refractivity contribution is 5.41. The minimum atomic E-state index is 0.558. The van der Waals surface area contributed by atoms with Crippen LogP contribution in [-0.4, -0.2) is 14.6 Å². The van der Waals surface area contributed by atoms with Crippen LogP contribution in [0.1, 0.15) is 49.4 Å². The fraction of sp³-hybridized carbons (Fsp3) is 0.538. The Labute approximate surface area is 101 Å². The van der Waals surface area contributed by atoms with Crippen molar-refractivity contribution in [1.82, 2.24) is 14.6 Å². The van der Waals surface area contributed by atoms with Crippen molar-refractivity contribution >= 4 is 5.65 Å². The fourth-order valence-corrected chi connectivity index (χ4v) is 2.72. The number of nitrogens with zero attached hydrogens (tertiary/aromatic N) is 3. The summed E-state index contributed by atoms with van der Waals surface area (Å²) in [6.07, 6.45) is 8.56. The zero-order valence-corrected chi connectivity index (χ0v) is 9.97. The Hall–Kier alpha value is -1.42. The van der Waals surface area contributed by atoms with Crippen LogP contribution in [0.25, 0.3) is 5.65 Å². The van der Waals surface area contributed by atoms with Crippen LogP contribution < -0.4 is 5.73 Å². The molecule has 2 N–H and O–H groups in total. The van der Waals surface area contributed by atoms with Gasteiger partial charge in [0.25, 0.3) is 0 Å². The van der Waals surface area contributed by atoms with E-state index in [-0.39, 0.29) is 0 Å². The average Bonchev–Trinajstić information content (AvgIpc) is 2.82. The van der Waals surface area contributed by atoms with E-state index in [9.17, 15) is 0 Å². The zero-order valence-electron chi connectivity index (χ0n) is 9.97. The van der Waals surface area contributed by atoms with Gasteiger partial charge in [0.05, 0.1) is 0 Å². The van der Waals surface area contributed by atoms with E-state index in [2.05, 4.69) is 26.9 Å². The monoisotopic (exact) mass is 230 g/mol.